The third kappa shape index (κ3) is 3.07. The third-order valence-electron chi connectivity index (χ3n) is 4.53. The van der Waals surface area contributed by atoms with Gasteiger partial charge in [-0.05, 0) is 61.8 Å². The van der Waals surface area contributed by atoms with E-state index in [1.54, 1.807) is 0 Å². The molecule has 2 unspecified atom stereocenters. The fraction of sp³-hybridized carbons (Fsp3) is 0.647. The Morgan fingerprint density at radius 2 is 1.78 bits per heavy atom. The molecule has 0 heterocycles. The van der Waals surface area contributed by atoms with Gasteiger partial charge in [-0.25, -0.2) is 0 Å². The highest BCUT2D eigenvalue weighted by Crippen LogP contribution is 2.32. The number of aryl methyl sites for hydroxylation is 2. The van der Waals surface area contributed by atoms with Crippen molar-refractivity contribution in [3.63, 3.8) is 0 Å². The predicted molar refractivity (Wildman–Crippen MR) is 80.1 cm³/mol. The molecule has 1 saturated carbocycles. The van der Waals surface area contributed by atoms with Gasteiger partial charge in [-0.15, -0.1) is 0 Å². The second-order valence-corrected chi connectivity index (χ2v) is 6.24. The van der Waals surface area contributed by atoms with Crippen LogP contribution in [0.2, 0.25) is 0 Å². The number of benzene rings is 1. The molecule has 1 aromatic carbocycles. The number of nitrogens with one attached hydrogen (secondary N) is 1. The summed E-state index contributed by atoms with van der Waals surface area (Å²) in [6, 6.07) is 7.42. The average Bonchev–Trinajstić information content (AvgIpc) is 2.34. The summed E-state index contributed by atoms with van der Waals surface area (Å²) in [5, 5.41) is 3.78. The molecule has 1 aliphatic rings. The Morgan fingerprint density at radius 3 is 2.44 bits per heavy atom. The molecule has 1 heteroatoms. The van der Waals surface area contributed by atoms with Crippen molar-refractivity contribution in [1.82, 2.24) is 0 Å². The monoisotopic (exact) mass is 245 g/mol. The number of anilines is 1. The van der Waals surface area contributed by atoms with Crippen LogP contribution in [0.15, 0.2) is 18.2 Å². The maximum absolute atomic E-state index is 3.78. The lowest BCUT2D eigenvalue weighted by molar-refractivity contribution is 0.254. The third-order valence-corrected chi connectivity index (χ3v) is 4.53. The van der Waals surface area contributed by atoms with Gasteiger partial charge in [0, 0.05) is 11.7 Å². The van der Waals surface area contributed by atoms with Gasteiger partial charge < -0.3 is 5.32 Å². The van der Waals surface area contributed by atoms with Gasteiger partial charge in [0.2, 0.25) is 0 Å². The summed E-state index contributed by atoms with van der Waals surface area (Å²) in [6.45, 7) is 9.11. The topological polar surface area (TPSA) is 12.0 Å². The van der Waals surface area contributed by atoms with Crippen molar-refractivity contribution in [2.24, 2.45) is 11.8 Å². The van der Waals surface area contributed by atoms with E-state index >= 15 is 0 Å². The second-order valence-electron chi connectivity index (χ2n) is 6.24. The molecule has 0 spiro atoms. The van der Waals surface area contributed by atoms with Crippen molar-refractivity contribution in [2.75, 3.05) is 5.32 Å². The molecule has 0 aliphatic heterocycles. The van der Waals surface area contributed by atoms with Crippen molar-refractivity contribution in [2.45, 2.75) is 59.4 Å². The Balaban J connectivity index is 2.08. The molecule has 1 fully saturated rings. The second kappa shape index (κ2) is 5.77. The van der Waals surface area contributed by atoms with E-state index in [0.717, 1.165) is 11.8 Å². The number of hydrogen-bond acceptors (Lipinski definition) is 1. The van der Waals surface area contributed by atoms with Crippen LogP contribution in [0.4, 0.5) is 5.69 Å². The van der Waals surface area contributed by atoms with E-state index in [9.17, 15) is 0 Å². The Hall–Kier alpha value is -0.980. The average molecular weight is 245 g/mol. The summed E-state index contributed by atoms with van der Waals surface area (Å²) >= 11 is 0. The molecule has 1 nitrogen and oxygen atoms in total. The molecule has 1 N–H and O–H groups in total. The molecule has 2 atom stereocenters. The Kier molecular flexibility index (Phi) is 4.31. The number of rotatable bonds is 3. The number of hydrogen-bond donors (Lipinski definition) is 1. The normalized spacial score (nSPS) is 24.3. The Morgan fingerprint density at radius 1 is 1.06 bits per heavy atom. The Labute approximate surface area is 112 Å². The molecule has 0 aromatic heterocycles. The first-order valence-electron chi connectivity index (χ1n) is 7.41. The molecule has 0 radical (unpaired) electrons. The van der Waals surface area contributed by atoms with Gasteiger partial charge in [0.1, 0.15) is 0 Å². The van der Waals surface area contributed by atoms with Gasteiger partial charge in [0.25, 0.3) is 0 Å². The summed E-state index contributed by atoms with van der Waals surface area (Å²) in [7, 11) is 0. The lowest BCUT2D eigenvalue weighted by atomic mass is 9.78. The molecule has 1 aliphatic carbocycles. The van der Waals surface area contributed by atoms with Crippen molar-refractivity contribution in [3.05, 3.63) is 29.3 Å². The van der Waals surface area contributed by atoms with E-state index in [1.165, 1.54) is 42.5 Å². The summed E-state index contributed by atoms with van der Waals surface area (Å²) < 4.78 is 0. The van der Waals surface area contributed by atoms with Crippen LogP contribution in [0.3, 0.4) is 0 Å². The van der Waals surface area contributed by atoms with E-state index in [1.807, 2.05) is 0 Å². The summed E-state index contributed by atoms with van der Waals surface area (Å²) in [5.41, 5.74) is 4.07. The van der Waals surface area contributed by atoms with Crippen molar-refractivity contribution >= 4 is 5.69 Å². The van der Waals surface area contributed by atoms with Gasteiger partial charge in [0.05, 0.1) is 0 Å². The highest BCUT2D eigenvalue weighted by atomic mass is 14.9. The maximum atomic E-state index is 3.78. The maximum Gasteiger partial charge on any atom is 0.0345 e. The van der Waals surface area contributed by atoms with Crippen molar-refractivity contribution in [1.29, 1.82) is 0 Å². The van der Waals surface area contributed by atoms with Crippen LogP contribution in [-0.2, 0) is 0 Å². The molecular weight excluding hydrogens is 218 g/mol. The van der Waals surface area contributed by atoms with Crippen LogP contribution in [-0.4, -0.2) is 6.04 Å². The first-order chi connectivity index (χ1) is 8.58. The fourth-order valence-electron chi connectivity index (χ4n) is 3.18. The molecule has 0 bridgehead atoms. The van der Waals surface area contributed by atoms with E-state index in [2.05, 4.69) is 51.2 Å². The van der Waals surface area contributed by atoms with Crippen LogP contribution < -0.4 is 5.32 Å². The molecule has 2 rings (SSSR count). The van der Waals surface area contributed by atoms with Crippen LogP contribution >= 0.6 is 0 Å². The summed E-state index contributed by atoms with van der Waals surface area (Å²) in [6.07, 6.45) is 5.51. The zero-order valence-electron chi connectivity index (χ0n) is 12.3. The Bertz CT molecular complexity index is 395. The van der Waals surface area contributed by atoms with Gasteiger partial charge in [-0.2, -0.15) is 0 Å². The van der Waals surface area contributed by atoms with E-state index in [-0.39, 0.29) is 0 Å². The lowest BCUT2D eigenvalue weighted by Gasteiger charge is -2.35. The standard InChI is InChI=1S/C17H27N/c1-12(2)16-7-5-6-8-17(16)18-15-10-9-13(3)14(4)11-15/h9-12,16-18H,5-8H2,1-4H3. The molecule has 1 aromatic rings. The SMILES string of the molecule is Cc1ccc(NC2CCCCC2C(C)C)cc1C. The van der Waals surface area contributed by atoms with E-state index < -0.39 is 0 Å². The van der Waals surface area contributed by atoms with Crippen LogP contribution in [0.5, 0.6) is 0 Å². The van der Waals surface area contributed by atoms with Gasteiger partial charge in [-0.1, -0.05) is 32.8 Å². The highest BCUT2D eigenvalue weighted by Gasteiger charge is 2.27. The first-order valence-corrected chi connectivity index (χ1v) is 7.41. The smallest absolute Gasteiger partial charge is 0.0345 e. The zero-order chi connectivity index (χ0) is 13.1. The minimum atomic E-state index is 0.667. The quantitative estimate of drug-likeness (QED) is 0.796. The van der Waals surface area contributed by atoms with Crippen molar-refractivity contribution in [3.8, 4) is 0 Å². The molecule has 18 heavy (non-hydrogen) atoms. The molecular formula is C17H27N. The van der Waals surface area contributed by atoms with Crippen molar-refractivity contribution < 1.29 is 0 Å². The zero-order valence-corrected chi connectivity index (χ0v) is 12.3. The fourth-order valence-corrected chi connectivity index (χ4v) is 3.18. The summed E-state index contributed by atoms with van der Waals surface area (Å²) in [4.78, 5) is 0. The minimum absolute atomic E-state index is 0.667. The van der Waals surface area contributed by atoms with E-state index in [4.69, 9.17) is 0 Å². The van der Waals surface area contributed by atoms with E-state index in [0.29, 0.717) is 6.04 Å². The highest BCUT2D eigenvalue weighted by molar-refractivity contribution is 5.49. The lowest BCUT2D eigenvalue weighted by Crippen LogP contribution is -2.35. The van der Waals surface area contributed by atoms with Gasteiger partial charge in [0.15, 0.2) is 0 Å². The predicted octanol–water partition coefficient (Wildman–Crippen LogP) is 4.93. The van der Waals surface area contributed by atoms with Gasteiger partial charge in [-0.3, -0.25) is 0 Å². The summed E-state index contributed by atoms with van der Waals surface area (Å²) in [5.74, 6) is 1.62. The van der Waals surface area contributed by atoms with Gasteiger partial charge >= 0.3 is 0 Å². The largest absolute Gasteiger partial charge is 0.382 e. The minimum Gasteiger partial charge on any atom is -0.382 e. The molecule has 0 amide bonds. The van der Waals surface area contributed by atoms with Crippen LogP contribution in [0.25, 0.3) is 0 Å². The molecule has 100 valence electrons. The van der Waals surface area contributed by atoms with Crippen LogP contribution in [0.1, 0.15) is 50.7 Å². The first kappa shape index (κ1) is 13.5. The molecule has 0 saturated heterocycles. The van der Waals surface area contributed by atoms with Crippen LogP contribution in [0, 0.1) is 25.7 Å².